The van der Waals surface area contributed by atoms with E-state index in [1.54, 1.807) is 20.8 Å². The first kappa shape index (κ1) is 31.4. The van der Waals surface area contributed by atoms with Crippen LogP contribution >= 0.6 is 0 Å². The topological polar surface area (TPSA) is 144 Å². The summed E-state index contributed by atoms with van der Waals surface area (Å²) in [6.07, 6.45) is 3.34. The molecule has 4 aliphatic rings. The first-order valence-electron chi connectivity index (χ1n) is 15.3. The largest absolute Gasteiger partial charge is 0.471 e. The van der Waals surface area contributed by atoms with Crippen LogP contribution < -0.4 is 10.1 Å². The van der Waals surface area contributed by atoms with Crippen molar-refractivity contribution in [1.29, 1.82) is 5.26 Å². The van der Waals surface area contributed by atoms with Crippen molar-refractivity contribution in [3.63, 3.8) is 0 Å². The minimum absolute atomic E-state index is 0.0845. The lowest BCUT2D eigenvalue weighted by Gasteiger charge is -2.35. The predicted octanol–water partition coefficient (Wildman–Crippen LogP) is 4.55. The third-order valence-corrected chi connectivity index (χ3v) is 9.06. The zero-order chi connectivity index (χ0) is 33.0. The molecule has 2 aromatic rings. The molecular weight excluding hydrogens is 600 g/mol. The highest BCUT2D eigenvalue weighted by Gasteiger charge is 2.49. The van der Waals surface area contributed by atoms with E-state index in [0.29, 0.717) is 12.8 Å². The van der Waals surface area contributed by atoms with E-state index >= 15 is 8.78 Å². The molecule has 13 heteroatoms. The molecule has 11 nitrogen and oxygen atoms in total. The Kier molecular flexibility index (Phi) is 7.94. The molecule has 1 aromatic carbocycles. The van der Waals surface area contributed by atoms with Crippen LogP contribution in [0.3, 0.4) is 0 Å². The second-order valence-electron chi connectivity index (χ2n) is 13.3. The first-order valence-corrected chi connectivity index (χ1v) is 15.3. The van der Waals surface area contributed by atoms with Gasteiger partial charge in [0, 0.05) is 18.3 Å². The predicted molar refractivity (Wildman–Crippen MR) is 159 cm³/mol. The van der Waals surface area contributed by atoms with Crippen LogP contribution in [0, 0.1) is 28.6 Å². The van der Waals surface area contributed by atoms with Crippen molar-refractivity contribution in [2.24, 2.45) is 17.3 Å². The summed E-state index contributed by atoms with van der Waals surface area (Å²) < 4.78 is 48.7. The highest BCUT2D eigenvalue weighted by molar-refractivity contribution is 5.91. The number of alkyl carbamates (subject to hydrolysis) is 1. The van der Waals surface area contributed by atoms with Gasteiger partial charge in [0.05, 0.1) is 36.3 Å². The summed E-state index contributed by atoms with van der Waals surface area (Å²) in [5, 5.41) is 12.1. The Hall–Kier alpha value is -4.60. The molecule has 2 bridgehead atoms. The monoisotopic (exact) mass is 635 g/mol. The third kappa shape index (κ3) is 6.00. The van der Waals surface area contributed by atoms with Crippen molar-refractivity contribution in [2.45, 2.75) is 76.7 Å². The van der Waals surface area contributed by atoms with Gasteiger partial charge < -0.3 is 24.4 Å². The molecule has 46 heavy (non-hydrogen) atoms. The van der Waals surface area contributed by atoms with Crippen LogP contribution in [0.2, 0.25) is 0 Å². The van der Waals surface area contributed by atoms with E-state index < -0.39 is 65.2 Å². The molecule has 6 atom stereocenters. The summed E-state index contributed by atoms with van der Waals surface area (Å²) in [6.45, 7) is 5.15. The van der Waals surface area contributed by atoms with E-state index in [4.69, 9.17) is 14.2 Å². The van der Waals surface area contributed by atoms with Crippen LogP contribution in [0.5, 0.6) is 5.88 Å². The lowest BCUT2D eigenvalue weighted by atomic mass is 9.85. The Morgan fingerprint density at radius 3 is 2.67 bits per heavy atom. The van der Waals surface area contributed by atoms with Gasteiger partial charge >= 0.3 is 18.0 Å². The van der Waals surface area contributed by atoms with Crippen molar-refractivity contribution in [1.82, 2.24) is 20.2 Å². The van der Waals surface area contributed by atoms with E-state index in [-0.39, 0.29) is 47.8 Å². The van der Waals surface area contributed by atoms with Crippen LogP contribution in [0.15, 0.2) is 42.0 Å². The summed E-state index contributed by atoms with van der Waals surface area (Å²) in [5.74, 6) is -5.28. The molecule has 1 aromatic heterocycles. The number of halogens is 2. The second kappa shape index (κ2) is 11.6. The number of esters is 1. The summed E-state index contributed by atoms with van der Waals surface area (Å²) in [4.78, 5) is 50.0. The summed E-state index contributed by atoms with van der Waals surface area (Å²) in [6, 6.07) is 4.11. The van der Waals surface area contributed by atoms with Gasteiger partial charge in [-0.3, -0.25) is 4.79 Å². The highest BCUT2D eigenvalue weighted by atomic mass is 19.3. The van der Waals surface area contributed by atoms with Gasteiger partial charge in [-0.05, 0) is 49.0 Å². The fourth-order valence-corrected chi connectivity index (χ4v) is 6.64. The minimum atomic E-state index is -3.60. The van der Waals surface area contributed by atoms with Crippen molar-refractivity contribution in [3.8, 4) is 11.9 Å². The van der Waals surface area contributed by atoms with E-state index in [0.717, 1.165) is 11.6 Å². The van der Waals surface area contributed by atoms with E-state index in [9.17, 15) is 19.6 Å². The smallest absolute Gasteiger partial charge is 0.408 e. The van der Waals surface area contributed by atoms with Gasteiger partial charge in [0.15, 0.2) is 5.69 Å². The van der Waals surface area contributed by atoms with Gasteiger partial charge in [-0.25, -0.2) is 19.6 Å². The second-order valence-corrected chi connectivity index (χ2v) is 13.3. The van der Waals surface area contributed by atoms with E-state index in [1.807, 2.05) is 6.07 Å². The summed E-state index contributed by atoms with van der Waals surface area (Å²) in [7, 11) is 1.18. The van der Waals surface area contributed by atoms with Gasteiger partial charge in [0.25, 0.3) is 0 Å². The number of hydrogen-bond donors (Lipinski definition) is 1. The van der Waals surface area contributed by atoms with E-state index in [2.05, 4.69) is 21.4 Å². The number of alkyl halides is 2. The highest BCUT2D eigenvalue weighted by Crippen LogP contribution is 2.51. The van der Waals surface area contributed by atoms with Gasteiger partial charge in [-0.1, -0.05) is 38.5 Å². The Morgan fingerprint density at radius 2 is 1.96 bits per heavy atom. The maximum absolute atomic E-state index is 15.9. The standard InChI is InChI=1S/C33H35F2N5O6/c1-32(2,3)27-29(41)40-16-19(14-24(40)30(42)44-4)45-28-26(37-22-9-8-17(15-36)11-23(22)38-28)33(34,35)10-6-5-7-20-21-12-18(21)13-25(20)46-31(43)39-27/h6,8-12,18-20,24-25,27H,5,7,13-14,16H2,1-4H3,(H,39,43)/b10-6+/t18-,19+,20+,24-,25+,27+/m0/s1. The SMILES string of the molecule is COC(=O)[C@@H]1C[C@@H]2CN1C(=O)[C@H](C(C)(C)C)NC(=O)O[C@@H]1C[C@@H]3C=C3[C@H]1CC/C=C/C(F)(F)c1nc3ccc(C#N)cc3nc1O2. The summed E-state index contributed by atoms with van der Waals surface area (Å²) in [5.41, 5.74) is 0.202. The fraction of sp³-hybridized carbons (Fsp3) is 0.515. The number of hydrogen-bond acceptors (Lipinski definition) is 9. The number of nitriles is 1. The van der Waals surface area contributed by atoms with Crippen molar-refractivity contribution in [3.05, 3.63) is 53.3 Å². The van der Waals surface area contributed by atoms with Crippen LogP contribution in [0.4, 0.5) is 13.6 Å². The van der Waals surface area contributed by atoms with Gasteiger partial charge in [-0.15, -0.1) is 0 Å². The summed E-state index contributed by atoms with van der Waals surface area (Å²) >= 11 is 0. The number of allylic oxidation sites excluding steroid dienone is 3. The van der Waals surface area contributed by atoms with Crippen LogP contribution in [0.1, 0.15) is 57.7 Å². The molecular formula is C33H35F2N5O6. The molecule has 2 aliphatic carbocycles. The number of nitrogens with one attached hydrogen (secondary N) is 1. The van der Waals surface area contributed by atoms with E-state index in [1.165, 1.54) is 36.3 Å². The zero-order valence-corrected chi connectivity index (χ0v) is 26.0. The van der Waals surface area contributed by atoms with Crippen LogP contribution in [-0.4, -0.2) is 70.8 Å². The van der Waals surface area contributed by atoms with Gasteiger partial charge in [0.2, 0.25) is 11.8 Å². The Bertz CT molecular complexity index is 1700. The van der Waals surface area contributed by atoms with Gasteiger partial charge in [0.1, 0.15) is 24.3 Å². The number of ether oxygens (including phenoxy) is 3. The average molecular weight is 636 g/mol. The molecule has 0 spiro atoms. The number of carbonyl (C=O) groups excluding carboxylic acids is 3. The number of fused-ring (bicyclic) bond motifs is 7. The number of amides is 2. The number of rotatable bonds is 1. The lowest BCUT2D eigenvalue weighted by Crippen LogP contribution is -2.57. The molecule has 2 amide bonds. The zero-order valence-electron chi connectivity index (χ0n) is 26.0. The number of methoxy groups -OCH3 is 1. The molecule has 242 valence electrons. The number of carbonyl (C=O) groups is 3. The molecule has 6 rings (SSSR count). The minimum Gasteiger partial charge on any atom is -0.471 e. The number of aromatic nitrogens is 2. The molecule has 3 heterocycles. The molecule has 0 radical (unpaired) electrons. The first-order chi connectivity index (χ1) is 21.8. The normalized spacial score (nSPS) is 29.8. The Morgan fingerprint density at radius 1 is 1.17 bits per heavy atom. The maximum atomic E-state index is 15.9. The average Bonchev–Trinajstić information content (AvgIpc) is 3.50. The van der Waals surface area contributed by atoms with Crippen LogP contribution in [-0.2, 0) is 25.0 Å². The maximum Gasteiger partial charge on any atom is 0.408 e. The fourth-order valence-electron chi connectivity index (χ4n) is 6.64. The number of benzene rings is 1. The molecule has 1 N–H and O–H groups in total. The molecule has 1 saturated carbocycles. The Balaban J connectivity index is 1.42. The third-order valence-electron chi connectivity index (χ3n) is 9.06. The quantitative estimate of drug-likeness (QED) is 0.353. The molecule has 2 fully saturated rings. The number of nitrogens with zero attached hydrogens (tertiary/aromatic N) is 4. The Labute approximate surface area is 264 Å². The molecule has 0 unspecified atom stereocenters. The van der Waals surface area contributed by atoms with Crippen molar-refractivity contribution in [2.75, 3.05) is 13.7 Å². The molecule has 1 saturated heterocycles. The van der Waals surface area contributed by atoms with Crippen molar-refractivity contribution >= 4 is 29.0 Å². The van der Waals surface area contributed by atoms with Gasteiger partial charge in [-0.2, -0.15) is 14.0 Å². The van der Waals surface area contributed by atoms with Crippen molar-refractivity contribution < 1.29 is 37.4 Å². The lowest BCUT2D eigenvalue weighted by molar-refractivity contribution is -0.152. The molecule has 2 aliphatic heterocycles. The van der Waals surface area contributed by atoms with Crippen LogP contribution in [0.25, 0.3) is 11.0 Å².